The Morgan fingerprint density at radius 3 is 2.67 bits per heavy atom. The van der Waals surface area contributed by atoms with Gasteiger partial charge in [0, 0.05) is 11.3 Å². The summed E-state index contributed by atoms with van der Waals surface area (Å²) in [5.41, 5.74) is -2.32. The molecule has 0 aromatic heterocycles. The maximum absolute atomic E-state index is 16.6. The summed E-state index contributed by atoms with van der Waals surface area (Å²) in [6.07, 6.45) is 5.47. The number of hydrogen-bond donors (Lipinski definition) is 2. The maximum atomic E-state index is 16.6. The number of hydrogen-bond acceptors (Lipinski definition) is 3. The predicted octanol–water partition coefficient (Wildman–Crippen LogP) is 2.96. The lowest BCUT2D eigenvalue weighted by Crippen LogP contribution is -2.66. The van der Waals surface area contributed by atoms with Gasteiger partial charge in [0.25, 0.3) is 0 Å². The fourth-order valence-electron chi connectivity index (χ4n) is 6.55. The molecule has 4 aliphatic carbocycles. The highest BCUT2D eigenvalue weighted by Crippen LogP contribution is 2.68. The van der Waals surface area contributed by atoms with E-state index in [4.69, 9.17) is 0 Å². The van der Waals surface area contributed by atoms with E-state index in [0.717, 1.165) is 12.0 Å². The molecule has 0 spiro atoms. The van der Waals surface area contributed by atoms with E-state index < -0.39 is 28.7 Å². The van der Waals surface area contributed by atoms with Crippen LogP contribution in [0.15, 0.2) is 23.8 Å². The van der Waals surface area contributed by atoms with Gasteiger partial charge in [-0.05, 0) is 62.0 Å². The highest BCUT2D eigenvalue weighted by molar-refractivity contribution is 6.01. The minimum Gasteiger partial charge on any atom is -0.392 e. The zero-order valence-corrected chi connectivity index (χ0v) is 14.6. The molecule has 132 valence electrons. The minimum absolute atomic E-state index is 0.0697. The molecule has 2 N–H and O–H groups in total. The molecule has 4 rings (SSSR count). The number of carbonyl (C=O) groups excluding carboxylic acids is 1. The molecule has 0 aromatic carbocycles. The second-order valence-corrected chi connectivity index (χ2v) is 9.01. The van der Waals surface area contributed by atoms with Crippen LogP contribution in [0.1, 0.15) is 46.5 Å². The van der Waals surface area contributed by atoms with Crippen molar-refractivity contribution in [2.45, 2.75) is 64.3 Å². The Hall–Kier alpha value is -1.00. The largest absolute Gasteiger partial charge is 0.392 e. The highest BCUT2D eigenvalue weighted by atomic mass is 19.1. The number of alkyl halides is 1. The van der Waals surface area contributed by atoms with Gasteiger partial charge in [0.05, 0.1) is 12.2 Å². The molecular weight excluding hydrogens is 307 g/mol. The number of halogens is 1. The topological polar surface area (TPSA) is 57.5 Å². The zero-order chi connectivity index (χ0) is 17.5. The molecule has 4 heteroatoms. The van der Waals surface area contributed by atoms with Gasteiger partial charge in [-0.3, -0.25) is 4.79 Å². The fourth-order valence-corrected chi connectivity index (χ4v) is 6.55. The Bertz CT molecular complexity index is 655. The summed E-state index contributed by atoms with van der Waals surface area (Å²) in [5, 5.41) is 21.6. The summed E-state index contributed by atoms with van der Waals surface area (Å²) in [4.78, 5) is 11.7. The molecule has 0 saturated heterocycles. The van der Waals surface area contributed by atoms with E-state index >= 15 is 4.39 Å². The van der Waals surface area contributed by atoms with Gasteiger partial charge in [-0.15, -0.1) is 0 Å². The molecule has 0 unspecified atom stereocenters. The Balaban J connectivity index is 1.83. The number of aliphatic hydroxyl groups excluding tert-OH is 2. The van der Waals surface area contributed by atoms with Gasteiger partial charge in [0.1, 0.15) is 0 Å². The molecule has 8 atom stereocenters. The van der Waals surface area contributed by atoms with Crippen molar-refractivity contribution in [3.63, 3.8) is 0 Å². The summed E-state index contributed by atoms with van der Waals surface area (Å²) in [7, 11) is 0. The Labute approximate surface area is 142 Å². The van der Waals surface area contributed by atoms with E-state index in [0.29, 0.717) is 12.8 Å². The first-order valence-electron chi connectivity index (χ1n) is 9.14. The highest BCUT2D eigenvalue weighted by Gasteiger charge is 2.70. The molecule has 3 fully saturated rings. The lowest BCUT2D eigenvalue weighted by atomic mass is 9.46. The molecule has 0 heterocycles. The molecule has 0 aromatic rings. The predicted molar refractivity (Wildman–Crippen MR) is 88.9 cm³/mol. The fraction of sp³-hybridized carbons (Fsp3) is 0.750. The normalized spacial score (nSPS) is 56.3. The molecule has 0 bridgehead atoms. The average molecular weight is 334 g/mol. The van der Waals surface area contributed by atoms with Gasteiger partial charge in [0.2, 0.25) is 0 Å². The third kappa shape index (κ3) is 1.71. The first-order chi connectivity index (χ1) is 11.1. The summed E-state index contributed by atoms with van der Waals surface area (Å²) >= 11 is 0. The van der Waals surface area contributed by atoms with Gasteiger partial charge in [-0.1, -0.05) is 25.5 Å². The first-order valence-corrected chi connectivity index (χ1v) is 9.14. The van der Waals surface area contributed by atoms with Crippen molar-refractivity contribution < 1.29 is 19.4 Å². The second kappa shape index (κ2) is 4.79. The summed E-state index contributed by atoms with van der Waals surface area (Å²) in [6.45, 7) is 5.87. The van der Waals surface area contributed by atoms with Gasteiger partial charge < -0.3 is 10.2 Å². The maximum Gasteiger partial charge on any atom is 0.178 e. The van der Waals surface area contributed by atoms with E-state index in [1.807, 2.05) is 20.8 Å². The summed E-state index contributed by atoms with van der Waals surface area (Å²) in [6, 6.07) is 0. The van der Waals surface area contributed by atoms with Crippen LogP contribution >= 0.6 is 0 Å². The van der Waals surface area contributed by atoms with Crippen molar-refractivity contribution in [1.29, 1.82) is 0 Å². The number of rotatable bonds is 0. The van der Waals surface area contributed by atoms with E-state index in [1.54, 1.807) is 12.2 Å². The van der Waals surface area contributed by atoms with Crippen molar-refractivity contribution in [2.24, 2.45) is 28.6 Å². The second-order valence-electron chi connectivity index (χ2n) is 9.01. The van der Waals surface area contributed by atoms with Gasteiger partial charge >= 0.3 is 0 Å². The third-order valence-corrected chi connectivity index (χ3v) is 7.92. The van der Waals surface area contributed by atoms with Crippen LogP contribution in [0.5, 0.6) is 0 Å². The molecule has 3 saturated carbocycles. The van der Waals surface area contributed by atoms with Crippen molar-refractivity contribution in [3.05, 3.63) is 23.8 Å². The molecule has 0 radical (unpaired) electrons. The Morgan fingerprint density at radius 2 is 1.96 bits per heavy atom. The number of carbonyl (C=O) groups is 1. The minimum atomic E-state index is -1.78. The zero-order valence-electron chi connectivity index (χ0n) is 14.6. The summed E-state index contributed by atoms with van der Waals surface area (Å²) < 4.78 is 16.6. The van der Waals surface area contributed by atoms with Crippen LogP contribution in [0, 0.1) is 28.6 Å². The first kappa shape index (κ1) is 16.5. The van der Waals surface area contributed by atoms with Crippen LogP contribution in [0.3, 0.4) is 0 Å². The molecule has 24 heavy (non-hydrogen) atoms. The van der Waals surface area contributed by atoms with Crippen molar-refractivity contribution in [1.82, 2.24) is 0 Å². The number of ketones is 1. The quantitative estimate of drug-likeness (QED) is 0.716. The lowest BCUT2D eigenvalue weighted by Gasteiger charge is -2.61. The van der Waals surface area contributed by atoms with E-state index in [2.05, 4.69) is 0 Å². The molecule has 3 nitrogen and oxygen atoms in total. The van der Waals surface area contributed by atoms with Crippen molar-refractivity contribution >= 4 is 5.78 Å². The van der Waals surface area contributed by atoms with Crippen molar-refractivity contribution in [3.8, 4) is 0 Å². The Morgan fingerprint density at radius 1 is 1.25 bits per heavy atom. The van der Waals surface area contributed by atoms with Gasteiger partial charge in [0.15, 0.2) is 11.5 Å². The molecule has 4 aliphatic rings. The van der Waals surface area contributed by atoms with Crippen molar-refractivity contribution in [2.75, 3.05) is 0 Å². The number of aliphatic hydroxyl groups is 2. The van der Waals surface area contributed by atoms with Crippen LogP contribution in [0.4, 0.5) is 4.39 Å². The van der Waals surface area contributed by atoms with Crippen LogP contribution in [-0.2, 0) is 4.79 Å². The third-order valence-electron chi connectivity index (χ3n) is 7.92. The van der Waals surface area contributed by atoms with E-state index in [9.17, 15) is 15.0 Å². The van der Waals surface area contributed by atoms with Crippen LogP contribution in [0.25, 0.3) is 0 Å². The standard InChI is InChI=1S/C20H27FO3/c1-11-8-15-14-5-4-12-9-13(22)6-7-19(12,3)20(14,21)16(23)10-18(15,2)17(11)24/h6-7,9,11,14-17,23-24H,4-5,8,10H2,1-3H3/t11-,14-,15-,16-,17+,18-,19-,20-/m0/s1. The molecular formula is C20H27FO3. The monoisotopic (exact) mass is 334 g/mol. The SMILES string of the molecule is C[C@H]1C[C@H]2[C@@H]3CCC4=CC(=O)C=C[C@]4(C)[C@@]3(F)[C@@H](O)C[C@]2(C)[C@@H]1O. The van der Waals surface area contributed by atoms with Gasteiger partial charge in [-0.25, -0.2) is 4.39 Å². The van der Waals surface area contributed by atoms with E-state index in [1.165, 1.54) is 6.08 Å². The van der Waals surface area contributed by atoms with Crippen LogP contribution in [0.2, 0.25) is 0 Å². The van der Waals surface area contributed by atoms with Crippen LogP contribution < -0.4 is 0 Å². The lowest BCUT2D eigenvalue weighted by molar-refractivity contribution is -0.201. The summed E-state index contributed by atoms with van der Waals surface area (Å²) in [5.74, 6) is -0.182. The molecule has 0 aliphatic heterocycles. The van der Waals surface area contributed by atoms with Crippen LogP contribution in [-0.4, -0.2) is 33.9 Å². The molecule has 0 amide bonds. The van der Waals surface area contributed by atoms with E-state index in [-0.39, 0.29) is 30.0 Å². The smallest absolute Gasteiger partial charge is 0.178 e. The Kier molecular flexibility index (Phi) is 3.29. The van der Waals surface area contributed by atoms with Gasteiger partial charge in [-0.2, -0.15) is 0 Å². The number of fused-ring (bicyclic) bond motifs is 5. The number of allylic oxidation sites excluding steroid dienone is 4. The average Bonchev–Trinajstić information content (AvgIpc) is 2.74.